The molecule has 1 aromatic heterocycles. The van der Waals surface area contributed by atoms with E-state index in [2.05, 4.69) is 15.3 Å². The van der Waals surface area contributed by atoms with Crippen LogP contribution in [0.25, 0.3) is 11.3 Å². The summed E-state index contributed by atoms with van der Waals surface area (Å²) in [5.74, 6) is -2.47. The van der Waals surface area contributed by atoms with Gasteiger partial charge in [-0.05, 0) is 19.1 Å². The van der Waals surface area contributed by atoms with Crippen molar-refractivity contribution < 1.29 is 13.6 Å². The van der Waals surface area contributed by atoms with Crippen molar-refractivity contribution in [2.45, 2.75) is 17.3 Å². The van der Waals surface area contributed by atoms with Gasteiger partial charge in [-0.15, -0.1) is 0 Å². The lowest BCUT2D eigenvalue weighted by Crippen LogP contribution is -2.23. The number of hydrogen-bond donors (Lipinski definition) is 2. The molecular weight excluding hydrogens is 372 g/mol. The highest BCUT2D eigenvalue weighted by atomic mass is 32.2. The maximum absolute atomic E-state index is 13.2. The molecule has 8 heteroatoms. The third-order valence-corrected chi connectivity index (χ3v) is 4.62. The second-order valence-corrected chi connectivity index (χ2v) is 7.01. The Balaban J connectivity index is 1.74. The van der Waals surface area contributed by atoms with Gasteiger partial charge in [-0.2, -0.15) is 0 Å². The zero-order valence-electron chi connectivity index (χ0n) is 14.2. The van der Waals surface area contributed by atoms with Gasteiger partial charge in [0.25, 0.3) is 5.56 Å². The highest BCUT2D eigenvalue weighted by molar-refractivity contribution is 8.00. The van der Waals surface area contributed by atoms with E-state index in [1.54, 1.807) is 6.92 Å². The largest absolute Gasteiger partial charge is 0.325 e. The van der Waals surface area contributed by atoms with Crippen molar-refractivity contribution in [1.82, 2.24) is 9.97 Å². The van der Waals surface area contributed by atoms with Crippen LogP contribution in [-0.2, 0) is 4.79 Å². The van der Waals surface area contributed by atoms with Crippen LogP contribution in [0.3, 0.4) is 0 Å². The maximum Gasteiger partial charge on any atom is 0.252 e. The molecule has 0 fully saturated rings. The first-order valence-corrected chi connectivity index (χ1v) is 8.89. The Labute approximate surface area is 157 Å². The Hall–Kier alpha value is -3.00. The highest BCUT2D eigenvalue weighted by Gasteiger charge is 2.17. The molecule has 1 heterocycles. The number of thioether (sulfide) groups is 1. The molecule has 3 rings (SSSR count). The quantitative estimate of drug-likeness (QED) is 0.515. The van der Waals surface area contributed by atoms with Crippen LogP contribution in [0.4, 0.5) is 14.5 Å². The Kier molecular flexibility index (Phi) is 5.66. The fraction of sp³-hybridized carbons (Fsp3) is 0.105. The topological polar surface area (TPSA) is 74.8 Å². The number of hydrogen-bond acceptors (Lipinski definition) is 4. The number of carbonyl (C=O) groups excluding carboxylic acids is 1. The fourth-order valence-corrected chi connectivity index (χ4v) is 3.10. The number of halogens is 2. The molecule has 0 bridgehead atoms. The van der Waals surface area contributed by atoms with E-state index in [1.165, 1.54) is 12.1 Å². The van der Waals surface area contributed by atoms with Gasteiger partial charge in [-0.25, -0.2) is 13.8 Å². The standard InChI is InChI=1S/C19H15F2N3O2S/c1-11(18(26)22-13-7-8-14(20)15(21)9-13)27-19-23-16(10-17(25)24-19)12-5-3-2-4-6-12/h2-11H,1H3,(H,22,26)(H,23,24,25). The van der Waals surface area contributed by atoms with Gasteiger partial charge in [0, 0.05) is 23.4 Å². The number of aromatic amines is 1. The van der Waals surface area contributed by atoms with Gasteiger partial charge in [0.15, 0.2) is 16.8 Å². The molecule has 1 atom stereocenters. The number of benzene rings is 2. The lowest BCUT2D eigenvalue weighted by atomic mass is 10.1. The molecule has 5 nitrogen and oxygen atoms in total. The zero-order valence-corrected chi connectivity index (χ0v) is 15.0. The second kappa shape index (κ2) is 8.13. The molecule has 3 aromatic rings. The molecule has 1 unspecified atom stereocenters. The fourth-order valence-electron chi connectivity index (χ4n) is 2.29. The molecule has 1 amide bonds. The minimum atomic E-state index is -1.05. The first kappa shape index (κ1) is 18.8. The summed E-state index contributed by atoms with van der Waals surface area (Å²) >= 11 is 1.05. The van der Waals surface area contributed by atoms with Gasteiger partial charge in [0.2, 0.25) is 5.91 Å². The first-order chi connectivity index (χ1) is 12.9. The Morgan fingerprint density at radius 3 is 2.56 bits per heavy atom. The maximum atomic E-state index is 13.2. The molecule has 2 N–H and O–H groups in total. The van der Waals surface area contributed by atoms with Crippen LogP contribution >= 0.6 is 11.8 Å². The van der Waals surface area contributed by atoms with E-state index < -0.39 is 22.8 Å². The Morgan fingerprint density at radius 2 is 1.85 bits per heavy atom. The normalized spacial score (nSPS) is 11.8. The predicted molar refractivity (Wildman–Crippen MR) is 101 cm³/mol. The van der Waals surface area contributed by atoms with Crippen LogP contribution in [0.5, 0.6) is 0 Å². The number of amides is 1. The molecule has 0 aliphatic heterocycles. The van der Waals surface area contributed by atoms with E-state index in [9.17, 15) is 18.4 Å². The van der Waals surface area contributed by atoms with Crippen LogP contribution in [0.2, 0.25) is 0 Å². The molecule has 0 radical (unpaired) electrons. The van der Waals surface area contributed by atoms with Gasteiger partial charge in [-0.3, -0.25) is 9.59 Å². The zero-order chi connectivity index (χ0) is 19.4. The lowest BCUT2D eigenvalue weighted by molar-refractivity contribution is -0.115. The summed E-state index contributed by atoms with van der Waals surface area (Å²) in [4.78, 5) is 31.2. The molecule has 2 aromatic carbocycles. The van der Waals surface area contributed by atoms with Gasteiger partial charge in [0.1, 0.15) is 0 Å². The van der Waals surface area contributed by atoms with Crippen LogP contribution in [0.1, 0.15) is 6.92 Å². The lowest BCUT2D eigenvalue weighted by Gasteiger charge is -2.12. The molecular formula is C19H15F2N3O2S. The van der Waals surface area contributed by atoms with Crippen LogP contribution < -0.4 is 10.9 Å². The van der Waals surface area contributed by atoms with E-state index in [1.807, 2.05) is 30.3 Å². The third kappa shape index (κ3) is 4.79. The van der Waals surface area contributed by atoms with E-state index in [0.29, 0.717) is 5.69 Å². The van der Waals surface area contributed by atoms with Crippen molar-refractivity contribution in [3.05, 3.63) is 76.6 Å². The molecule has 0 saturated heterocycles. The minimum absolute atomic E-state index is 0.144. The smallest absolute Gasteiger partial charge is 0.252 e. The molecule has 27 heavy (non-hydrogen) atoms. The van der Waals surface area contributed by atoms with Gasteiger partial charge >= 0.3 is 0 Å². The summed E-state index contributed by atoms with van der Waals surface area (Å²) in [7, 11) is 0. The number of carbonyl (C=O) groups is 1. The number of nitrogens with one attached hydrogen (secondary N) is 2. The summed E-state index contributed by atoms with van der Waals surface area (Å²) < 4.78 is 26.2. The first-order valence-electron chi connectivity index (χ1n) is 8.02. The van der Waals surface area contributed by atoms with E-state index in [0.717, 1.165) is 29.5 Å². The second-order valence-electron chi connectivity index (χ2n) is 5.68. The summed E-state index contributed by atoms with van der Waals surface area (Å²) in [6.45, 7) is 1.62. The number of nitrogens with zero attached hydrogens (tertiary/aromatic N) is 1. The summed E-state index contributed by atoms with van der Waals surface area (Å²) in [6.07, 6.45) is 0. The number of anilines is 1. The molecule has 138 valence electrons. The molecule has 0 saturated carbocycles. The Bertz CT molecular complexity index is 1020. The molecule has 0 aliphatic rings. The van der Waals surface area contributed by atoms with Crippen LogP contribution in [0, 0.1) is 11.6 Å². The average Bonchev–Trinajstić information content (AvgIpc) is 2.65. The van der Waals surface area contributed by atoms with Crippen LogP contribution in [-0.4, -0.2) is 21.1 Å². The van der Waals surface area contributed by atoms with E-state index in [-0.39, 0.29) is 16.4 Å². The van der Waals surface area contributed by atoms with Crippen LogP contribution in [0.15, 0.2) is 64.5 Å². The number of rotatable bonds is 5. The summed E-state index contributed by atoms with van der Waals surface area (Å²) in [6, 6.07) is 13.7. The molecule has 0 aliphatic carbocycles. The highest BCUT2D eigenvalue weighted by Crippen LogP contribution is 2.23. The average molecular weight is 387 g/mol. The third-order valence-electron chi connectivity index (χ3n) is 3.63. The van der Waals surface area contributed by atoms with Gasteiger partial charge < -0.3 is 10.3 Å². The minimum Gasteiger partial charge on any atom is -0.325 e. The Morgan fingerprint density at radius 1 is 1.11 bits per heavy atom. The van der Waals surface area contributed by atoms with Crippen molar-refractivity contribution in [2.75, 3.05) is 5.32 Å². The predicted octanol–water partition coefficient (Wildman–Crippen LogP) is 3.83. The van der Waals surface area contributed by atoms with Gasteiger partial charge in [0.05, 0.1) is 10.9 Å². The van der Waals surface area contributed by atoms with E-state index >= 15 is 0 Å². The number of H-pyrrole nitrogens is 1. The van der Waals surface area contributed by atoms with Crippen molar-refractivity contribution in [2.24, 2.45) is 0 Å². The van der Waals surface area contributed by atoms with Gasteiger partial charge in [-0.1, -0.05) is 42.1 Å². The monoisotopic (exact) mass is 387 g/mol. The van der Waals surface area contributed by atoms with Crippen molar-refractivity contribution in [1.29, 1.82) is 0 Å². The molecule has 0 spiro atoms. The summed E-state index contributed by atoms with van der Waals surface area (Å²) in [5.41, 5.74) is 1.09. The SMILES string of the molecule is CC(Sc1nc(-c2ccccc2)cc(=O)[nH]1)C(=O)Nc1ccc(F)c(F)c1. The van der Waals surface area contributed by atoms with Crippen molar-refractivity contribution >= 4 is 23.4 Å². The number of aromatic nitrogens is 2. The summed E-state index contributed by atoms with van der Waals surface area (Å²) in [5, 5.41) is 2.16. The van der Waals surface area contributed by atoms with E-state index in [4.69, 9.17) is 0 Å². The van der Waals surface area contributed by atoms with Crippen molar-refractivity contribution in [3.8, 4) is 11.3 Å². The van der Waals surface area contributed by atoms with Crippen molar-refractivity contribution in [3.63, 3.8) is 0 Å².